The summed E-state index contributed by atoms with van der Waals surface area (Å²) in [6, 6.07) is 7.11. The Morgan fingerprint density at radius 2 is 2.20 bits per heavy atom. The standard InChI is InChI=1S/C14H11ClN4O/c1-8-2-3-9(15)6-12(8)17-14(20)13-10-7-16-5-4-11(10)18-19-13/h2-7H,1H3,(H,17,20)(H,18,19). The highest BCUT2D eigenvalue weighted by Gasteiger charge is 2.15. The molecule has 0 aliphatic rings. The van der Waals surface area contributed by atoms with Gasteiger partial charge in [-0.3, -0.25) is 14.9 Å². The van der Waals surface area contributed by atoms with Crippen LogP contribution >= 0.6 is 11.6 Å². The molecule has 0 radical (unpaired) electrons. The molecule has 0 atom stereocenters. The van der Waals surface area contributed by atoms with E-state index in [0.717, 1.165) is 11.1 Å². The summed E-state index contributed by atoms with van der Waals surface area (Å²) >= 11 is 5.94. The Morgan fingerprint density at radius 1 is 1.35 bits per heavy atom. The number of benzene rings is 1. The number of anilines is 1. The molecule has 0 saturated carbocycles. The third-order valence-corrected chi connectivity index (χ3v) is 3.26. The van der Waals surface area contributed by atoms with Crippen LogP contribution in [0.4, 0.5) is 5.69 Å². The third-order valence-electron chi connectivity index (χ3n) is 3.03. The van der Waals surface area contributed by atoms with Gasteiger partial charge >= 0.3 is 0 Å². The molecule has 2 heterocycles. The molecule has 3 rings (SSSR count). The number of carbonyl (C=O) groups is 1. The molecule has 0 fully saturated rings. The van der Waals surface area contributed by atoms with Crippen LogP contribution in [0.15, 0.2) is 36.7 Å². The maximum atomic E-state index is 12.3. The summed E-state index contributed by atoms with van der Waals surface area (Å²) in [4.78, 5) is 16.3. The van der Waals surface area contributed by atoms with E-state index in [1.54, 1.807) is 30.6 Å². The minimum absolute atomic E-state index is 0.297. The summed E-state index contributed by atoms with van der Waals surface area (Å²) in [5.74, 6) is -0.297. The number of rotatable bonds is 2. The quantitative estimate of drug-likeness (QED) is 0.760. The second kappa shape index (κ2) is 4.94. The van der Waals surface area contributed by atoms with E-state index in [2.05, 4.69) is 20.5 Å². The van der Waals surface area contributed by atoms with E-state index in [0.29, 0.717) is 21.8 Å². The van der Waals surface area contributed by atoms with Gasteiger partial charge in [0.25, 0.3) is 5.91 Å². The third kappa shape index (κ3) is 2.23. The molecule has 0 aliphatic heterocycles. The van der Waals surface area contributed by atoms with Crippen molar-refractivity contribution in [3.8, 4) is 0 Å². The van der Waals surface area contributed by atoms with Crippen LogP contribution in [0.1, 0.15) is 16.1 Å². The first kappa shape index (κ1) is 12.6. The molecule has 2 aromatic heterocycles. The lowest BCUT2D eigenvalue weighted by atomic mass is 10.2. The lowest BCUT2D eigenvalue weighted by Crippen LogP contribution is -2.13. The molecule has 3 aromatic rings. The van der Waals surface area contributed by atoms with Gasteiger partial charge in [0, 0.05) is 23.1 Å². The van der Waals surface area contributed by atoms with Crippen LogP contribution in [0.3, 0.4) is 0 Å². The van der Waals surface area contributed by atoms with Gasteiger partial charge in [0.2, 0.25) is 0 Å². The maximum absolute atomic E-state index is 12.3. The van der Waals surface area contributed by atoms with E-state index in [1.165, 1.54) is 0 Å². The van der Waals surface area contributed by atoms with Crippen molar-refractivity contribution < 1.29 is 4.79 Å². The highest BCUT2D eigenvalue weighted by molar-refractivity contribution is 6.31. The molecule has 0 aliphatic carbocycles. The zero-order chi connectivity index (χ0) is 14.1. The lowest BCUT2D eigenvalue weighted by Gasteiger charge is -2.07. The van der Waals surface area contributed by atoms with E-state index >= 15 is 0 Å². The zero-order valence-corrected chi connectivity index (χ0v) is 11.4. The van der Waals surface area contributed by atoms with Gasteiger partial charge in [0.1, 0.15) is 0 Å². The molecule has 1 aromatic carbocycles. The topological polar surface area (TPSA) is 70.7 Å². The van der Waals surface area contributed by atoms with Crippen molar-refractivity contribution in [2.24, 2.45) is 0 Å². The summed E-state index contributed by atoms with van der Waals surface area (Å²) < 4.78 is 0. The number of aryl methyl sites for hydroxylation is 1. The molecule has 1 amide bonds. The van der Waals surface area contributed by atoms with Gasteiger partial charge in [-0.15, -0.1) is 0 Å². The number of hydrogen-bond acceptors (Lipinski definition) is 3. The Morgan fingerprint density at radius 3 is 3.05 bits per heavy atom. The number of aromatic amines is 1. The summed E-state index contributed by atoms with van der Waals surface area (Å²) in [5.41, 5.74) is 2.68. The smallest absolute Gasteiger partial charge is 0.276 e. The summed E-state index contributed by atoms with van der Waals surface area (Å²) in [7, 11) is 0. The number of H-pyrrole nitrogens is 1. The van der Waals surface area contributed by atoms with Gasteiger partial charge in [-0.25, -0.2) is 0 Å². The molecule has 0 spiro atoms. The maximum Gasteiger partial charge on any atom is 0.276 e. The number of carbonyl (C=O) groups excluding carboxylic acids is 1. The highest BCUT2D eigenvalue weighted by Crippen LogP contribution is 2.22. The van der Waals surface area contributed by atoms with Crippen LogP contribution in [0.5, 0.6) is 0 Å². The Bertz CT molecular complexity index is 797. The van der Waals surface area contributed by atoms with Crippen LogP contribution in [-0.2, 0) is 0 Å². The monoisotopic (exact) mass is 286 g/mol. The molecule has 5 nitrogen and oxygen atoms in total. The molecule has 100 valence electrons. The van der Waals surface area contributed by atoms with E-state index in [1.807, 2.05) is 13.0 Å². The van der Waals surface area contributed by atoms with Crippen molar-refractivity contribution in [3.63, 3.8) is 0 Å². The molecular formula is C14H11ClN4O. The first-order chi connectivity index (χ1) is 9.65. The molecular weight excluding hydrogens is 276 g/mol. The second-order valence-electron chi connectivity index (χ2n) is 4.41. The summed E-state index contributed by atoms with van der Waals surface area (Å²) in [5, 5.41) is 10.9. The van der Waals surface area contributed by atoms with Gasteiger partial charge in [0.05, 0.1) is 10.9 Å². The van der Waals surface area contributed by atoms with Gasteiger partial charge in [0.15, 0.2) is 5.69 Å². The SMILES string of the molecule is Cc1ccc(Cl)cc1NC(=O)c1n[nH]c2ccncc12. The number of hydrogen-bond donors (Lipinski definition) is 2. The van der Waals surface area contributed by atoms with Gasteiger partial charge < -0.3 is 5.32 Å². The van der Waals surface area contributed by atoms with Crippen molar-refractivity contribution in [3.05, 3.63) is 52.9 Å². The molecule has 0 bridgehead atoms. The Balaban J connectivity index is 1.95. The number of amides is 1. The van der Waals surface area contributed by atoms with Crippen molar-refractivity contribution in [2.45, 2.75) is 6.92 Å². The molecule has 0 unspecified atom stereocenters. The minimum atomic E-state index is -0.297. The zero-order valence-electron chi connectivity index (χ0n) is 10.6. The largest absolute Gasteiger partial charge is 0.320 e. The predicted octanol–water partition coefficient (Wildman–Crippen LogP) is 3.17. The van der Waals surface area contributed by atoms with Crippen molar-refractivity contribution in [1.29, 1.82) is 0 Å². The Labute approximate surface area is 120 Å². The van der Waals surface area contributed by atoms with Crippen molar-refractivity contribution in [1.82, 2.24) is 15.2 Å². The van der Waals surface area contributed by atoms with E-state index in [9.17, 15) is 4.79 Å². The average Bonchev–Trinajstić information content (AvgIpc) is 2.87. The molecule has 6 heteroatoms. The number of aromatic nitrogens is 3. The van der Waals surface area contributed by atoms with Crippen LogP contribution < -0.4 is 5.32 Å². The number of pyridine rings is 1. The van der Waals surface area contributed by atoms with Crippen molar-refractivity contribution in [2.75, 3.05) is 5.32 Å². The molecule has 20 heavy (non-hydrogen) atoms. The normalized spacial score (nSPS) is 10.7. The van der Waals surface area contributed by atoms with Gasteiger partial charge in [-0.1, -0.05) is 17.7 Å². The highest BCUT2D eigenvalue weighted by atomic mass is 35.5. The van der Waals surface area contributed by atoms with Gasteiger partial charge in [-0.2, -0.15) is 5.10 Å². The van der Waals surface area contributed by atoms with E-state index in [-0.39, 0.29) is 5.91 Å². The molecule has 0 saturated heterocycles. The van der Waals surface area contributed by atoms with Gasteiger partial charge in [-0.05, 0) is 30.7 Å². The van der Waals surface area contributed by atoms with Crippen LogP contribution in [0.2, 0.25) is 5.02 Å². The number of nitrogens with zero attached hydrogens (tertiary/aromatic N) is 2. The van der Waals surface area contributed by atoms with Crippen LogP contribution in [0.25, 0.3) is 10.9 Å². The van der Waals surface area contributed by atoms with E-state index in [4.69, 9.17) is 11.6 Å². The predicted molar refractivity (Wildman–Crippen MR) is 78.0 cm³/mol. The van der Waals surface area contributed by atoms with E-state index < -0.39 is 0 Å². The van der Waals surface area contributed by atoms with Crippen molar-refractivity contribution >= 4 is 34.1 Å². The number of fused-ring (bicyclic) bond motifs is 1. The lowest BCUT2D eigenvalue weighted by molar-refractivity contribution is 0.102. The Kier molecular flexibility index (Phi) is 3.12. The minimum Gasteiger partial charge on any atom is -0.320 e. The number of nitrogens with one attached hydrogen (secondary N) is 2. The first-order valence-corrected chi connectivity index (χ1v) is 6.38. The summed E-state index contributed by atoms with van der Waals surface area (Å²) in [6.45, 7) is 1.90. The fraction of sp³-hybridized carbons (Fsp3) is 0.0714. The summed E-state index contributed by atoms with van der Waals surface area (Å²) in [6.07, 6.45) is 3.25. The average molecular weight is 287 g/mol. The second-order valence-corrected chi connectivity index (χ2v) is 4.84. The molecule has 2 N–H and O–H groups in total. The fourth-order valence-corrected chi connectivity index (χ4v) is 2.11. The number of halogens is 1. The van der Waals surface area contributed by atoms with Crippen LogP contribution in [-0.4, -0.2) is 21.1 Å². The first-order valence-electron chi connectivity index (χ1n) is 6.01. The van der Waals surface area contributed by atoms with Crippen LogP contribution in [0, 0.1) is 6.92 Å². The fourth-order valence-electron chi connectivity index (χ4n) is 1.94. The Hall–Kier alpha value is -2.40.